The van der Waals surface area contributed by atoms with Crippen LogP contribution in [0.25, 0.3) is 4.91 Å². The fourth-order valence-corrected chi connectivity index (χ4v) is 3.99. The Morgan fingerprint density at radius 1 is 1.29 bits per heavy atom. The lowest BCUT2D eigenvalue weighted by Crippen LogP contribution is -2.39. The van der Waals surface area contributed by atoms with Crippen molar-refractivity contribution in [2.45, 2.75) is 0 Å². The third kappa shape index (κ3) is 2.72. The molecule has 1 amide bonds. The van der Waals surface area contributed by atoms with Gasteiger partial charge in [-0.25, -0.2) is 8.51 Å². The minimum Gasteiger partial charge on any atom is -0.380 e. The first-order chi connectivity index (χ1) is 10.2. The van der Waals surface area contributed by atoms with Crippen molar-refractivity contribution in [2.75, 3.05) is 38.2 Å². The number of primary amides is 1. The van der Waals surface area contributed by atoms with Crippen LogP contribution in [0.1, 0.15) is 5.56 Å². The predicted octanol–water partition coefficient (Wildman–Crippen LogP) is 0.304. The van der Waals surface area contributed by atoms with Crippen LogP contribution in [0.3, 0.4) is 0 Å². The molecule has 2 heterocycles. The summed E-state index contributed by atoms with van der Waals surface area (Å²) in [5, 5.41) is 3.15. The van der Waals surface area contributed by atoms with Crippen molar-refractivity contribution in [1.82, 2.24) is 4.31 Å². The van der Waals surface area contributed by atoms with E-state index in [-0.39, 0.29) is 0 Å². The summed E-state index contributed by atoms with van der Waals surface area (Å²) in [6.07, 6.45) is 0. The molecule has 0 bridgehead atoms. The van der Waals surface area contributed by atoms with Gasteiger partial charge >= 0.3 is 0 Å². The molecule has 7 heteroatoms. The number of hydrogen-bond acceptors (Lipinski definition) is 4. The molecule has 0 radical (unpaired) electrons. The van der Waals surface area contributed by atoms with E-state index in [1.807, 2.05) is 28.6 Å². The SMILES string of the molecule is NC(=O)C1=C(S(=O)N2CCOCC2)c2ccccc2NC1. The normalized spacial score (nSPS) is 20.6. The van der Waals surface area contributed by atoms with Crippen LogP contribution in [0, 0.1) is 0 Å². The molecule has 1 aromatic rings. The number of anilines is 1. The fraction of sp³-hybridized carbons (Fsp3) is 0.357. The summed E-state index contributed by atoms with van der Waals surface area (Å²) < 4.78 is 20.0. The Hall–Kier alpha value is -1.70. The van der Waals surface area contributed by atoms with Crippen molar-refractivity contribution >= 4 is 27.5 Å². The second kappa shape index (κ2) is 5.97. The Kier molecular flexibility index (Phi) is 4.05. The van der Waals surface area contributed by atoms with Gasteiger partial charge in [0.05, 0.1) is 23.7 Å². The predicted molar refractivity (Wildman–Crippen MR) is 81.6 cm³/mol. The number of para-hydroxylation sites is 1. The molecule has 3 N–H and O–H groups in total. The van der Waals surface area contributed by atoms with Gasteiger partial charge < -0.3 is 15.8 Å². The molecule has 1 fully saturated rings. The van der Waals surface area contributed by atoms with E-state index >= 15 is 0 Å². The van der Waals surface area contributed by atoms with Crippen LogP contribution in [0.15, 0.2) is 29.8 Å². The van der Waals surface area contributed by atoms with Crippen molar-refractivity contribution in [3.05, 3.63) is 35.4 Å². The Morgan fingerprint density at radius 3 is 2.71 bits per heavy atom. The lowest BCUT2D eigenvalue weighted by Gasteiger charge is -2.29. The molecule has 1 aromatic carbocycles. The zero-order chi connectivity index (χ0) is 14.8. The third-order valence-corrected chi connectivity index (χ3v) is 5.23. The van der Waals surface area contributed by atoms with Gasteiger partial charge in [-0.05, 0) is 6.07 Å². The molecule has 0 aliphatic carbocycles. The van der Waals surface area contributed by atoms with Crippen molar-refractivity contribution in [1.29, 1.82) is 0 Å². The number of hydrogen-bond donors (Lipinski definition) is 2. The lowest BCUT2D eigenvalue weighted by molar-refractivity contribution is -0.114. The van der Waals surface area contributed by atoms with E-state index in [1.54, 1.807) is 0 Å². The van der Waals surface area contributed by atoms with Crippen molar-refractivity contribution in [3.63, 3.8) is 0 Å². The number of amides is 1. The van der Waals surface area contributed by atoms with Gasteiger partial charge in [-0.2, -0.15) is 0 Å². The highest BCUT2D eigenvalue weighted by molar-refractivity contribution is 7.92. The number of fused-ring (bicyclic) bond motifs is 1. The van der Waals surface area contributed by atoms with Crippen LogP contribution in [0.2, 0.25) is 0 Å². The summed E-state index contributed by atoms with van der Waals surface area (Å²) in [7, 11) is -1.41. The number of rotatable bonds is 3. The quantitative estimate of drug-likeness (QED) is 0.841. The highest BCUT2D eigenvalue weighted by Gasteiger charge is 2.29. The summed E-state index contributed by atoms with van der Waals surface area (Å²) in [6.45, 7) is 2.56. The molecular weight excluding hydrogens is 290 g/mol. The highest BCUT2D eigenvalue weighted by atomic mass is 32.2. The molecule has 0 aromatic heterocycles. The van der Waals surface area contributed by atoms with Gasteiger partial charge in [0.25, 0.3) is 0 Å². The average molecular weight is 307 g/mol. The van der Waals surface area contributed by atoms with Crippen LogP contribution < -0.4 is 11.1 Å². The summed E-state index contributed by atoms with van der Waals surface area (Å²) in [6, 6.07) is 7.53. The topological polar surface area (TPSA) is 84.7 Å². The van der Waals surface area contributed by atoms with E-state index in [2.05, 4.69) is 5.32 Å². The molecule has 1 atom stereocenters. The number of carbonyl (C=O) groups is 1. The zero-order valence-corrected chi connectivity index (χ0v) is 12.3. The largest absolute Gasteiger partial charge is 0.380 e. The van der Waals surface area contributed by atoms with E-state index in [1.165, 1.54) is 0 Å². The molecule has 2 aliphatic rings. The molecule has 21 heavy (non-hydrogen) atoms. The van der Waals surface area contributed by atoms with Gasteiger partial charge in [0, 0.05) is 30.9 Å². The second-order valence-corrected chi connectivity index (χ2v) is 6.28. The lowest BCUT2D eigenvalue weighted by atomic mass is 10.0. The zero-order valence-electron chi connectivity index (χ0n) is 11.5. The highest BCUT2D eigenvalue weighted by Crippen LogP contribution is 2.34. The van der Waals surface area contributed by atoms with Gasteiger partial charge in [0.15, 0.2) is 0 Å². The van der Waals surface area contributed by atoms with E-state index in [9.17, 15) is 9.00 Å². The monoisotopic (exact) mass is 307 g/mol. The van der Waals surface area contributed by atoms with E-state index < -0.39 is 16.9 Å². The van der Waals surface area contributed by atoms with Crippen molar-refractivity contribution in [3.8, 4) is 0 Å². The van der Waals surface area contributed by atoms with Crippen LogP contribution in [0.5, 0.6) is 0 Å². The first-order valence-electron chi connectivity index (χ1n) is 6.79. The molecule has 0 spiro atoms. The number of benzene rings is 1. The van der Waals surface area contributed by atoms with Crippen molar-refractivity contribution < 1.29 is 13.7 Å². The standard InChI is InChI=1S/C14H17N3O3S/c15-14(18)11-9-16-12-4-2-1-3-10(12)13(11)21(19)17-5-7-20-8-6-17/h1-4,16H,5-9H2,(H2,15,18). The Balaban J connectivity index is 2.05. The van der Waals surface area contributed by atoms with Gasteiger partial charge in [-0.1, -0.05) is 18.2 Å². The van der Waals surface area contributed by atoms with E-state index in [0.29, 0.717) is 43.3 Å². The minimum absolute atomic E-state index is 0.303. The van der Waals surface area contributed by atoms with Gasteiger partial charge in [-0.15, -0.1) is 0 Å². The molecule has 112 valence electrons. The minimum atomic E-state index is -1.41. The molecule has 6 nitrogen and oxygen atoms in total. The van der Waals surface area contributed by atoms with Gasteiger partial charge in [0.1, 0.15) is 11.0 Å². The maximum atomic E-state index is 12.9. The molecule has 2 aliphatic heterocycles. The molecule has 3 rings (SSSR count). The third-order valence-electron chi connectivity index (χ3n) is 3.58. The maximum Gasteiger partial charge on any atom is 0.247 e. The number of nitrogens with two attached hydrogens (primary N) is 1. The first kappa shape index (κ1) is 14.2. The van der Waals surface area contributed by atoms with Crippen LogP contribution in [-0.4, -0.2) is 47.3 Å². The fourth-order valence-electron chi connectivity index (χ4n) is 2.50. The number of ether oxygens (including phenoxy) is 1. The Morgan fingerprint density at radius 2 is 2.00 bits per heavy atom. The number of carbonyl (C=O) groups excluding carboxylic acids is 1. The first-order valence-corrected chi connectivity index (χ1v) is 7.90. The number of nitrogens with zero attached hydrogens (tertiary/aromatic N) is 1. The number of nitrogens with one attached hydrogen (secondary N) is 1. The average Bonchev–Trinajstić information content (AvgIpc) is 2.53. The second-order valence-electron chi connectivity index (χ2n) is 4.86. The summed E-state index contributed by atoms with van der Waals surface area (Å²) in [5.74, 6) is -0.534. The summed E-state index contributed by atoms with van der Waals surface area (Å²) in [5.41, 5.74) is 7.51. The smallest absolute Gasteiger partial charge is 0.247 e. The Bertz CT molecular complexity index is 624. The molecule has 1 unspecified atom stereocenters. The summed E-state index contributed by atoms with van der Waals surface area (Å²) in [4.78, 5) is 12.2. The molecular formula is C14H17N3O3S. The maximum absolute atomic E-state index is 12.9. The number of morpholine rings is 1. The molecule has 0 saturated carbocycles. The van der Waals surface area contributed by atoms with E-state index in [0.717, 1.165) is 11.3 Å². The molecule has 1 saturated heterocycles. The van der Waals surface area contributed by atoms with Crippen LogP contribution in [0.4, 0.5) is 5.69 Å². The van der Waals surface area contributed by atoms with Gasteiger partial charge in [-0.3, -0.25) is 4.79 Å². The van der Waals surface area contributed by atoms with Crippen LogP contribution >= 0.6 is 0 Å². The van der Waals surface area contributed by atoms with Crippen LogP contribution in [-0.2, 0) is 20.5 Å². The van der Waals surface area contributed by atoms with E-state index in [4.69, 9.17) is 10.5 Å². The summed E-state index contributed by atoms with van der Waals surface area (Å²) >= 11 is 0. The van der Waals surface area contributed by atoms with Gasteiger partial charge in [0.2, 0.25) is 5.91 Å². The Labute approximate surface area is 125 Å². The van der Waals surface area contributed by atoms with Crippen molar-refractivity contribution in [2.24, 2.45) is 5.73 Å².